The molecule has 32 heavy (non-hydrogen) atoms. The Morgan fingerprint density at radius 3 is 2.44 bits per heavy atom. The van der Waals surface area contributed by atoms with Crippen LogP contribution < -0.4 is 0 Å². The number of methoxy groups -OCH3 is 1. The molecule has 3 rings (SSSR count). The van der Waals surface area contributed by atoms with Gasteiger partial charge in [-0.25, -0.2) is 9.48 Å². The third-order valence-electron chi connectivity index (χ3n) is 5.37. The van der Waals surface area contributed by atoms with E-state index in [-0.39, 0.29) is 6.42 Å². The smallest absolute Gasteiger partial charge is 0.411 e. The third kappa shape index (κ3) is 4.77. The van der Waals surface area contributed by atoms with Crippen molar-refractivity contribution in [3.8, 4) is 11.8 Å². The molecule has 8 heteroatoms. The van der Waals surface area contributed by atoms with Crippen molar-refractivity contribution >= 4 is 12.1 Å². The Bertz CT molecular complexity index is 1040. The number of ether oxygens (including phenoxy) is 2. The van der Waals surface area contributed by atoms with Crippen LogP contribution in [-0.2, 0) is 27.1 Å². The minimum atomic E-state index is -0.906. The van der Waals surface area contributed by atoms with E-state index in [1.54, 1.807) is 25.5 Å². The molecule has 2 aromatic rings. The van der Waals surface area contributed by atoms with E-state index in [1.165, 1.54) is 17.6 Å². The van der Waals surface area contributed by atoms with Crippen LogP contribution in [0.5, 0.6) is 0 Å². The number of esters is 1. The van der Waals surface area contributed by atoms with Crippen molar-refractivity contribution in [3.05, 3.63) is 46.8 Å². The van der Waals surface area contributed by atoms with Crippen molar-refractivity contribution in [1.82, 2.24) is 14.7 Å². The Morgan fingerprint density at radius 2 is 1.91 bits per heavy atom. The van der Waals surface area contributed by atoms with E-state index in [2.05, 4.69) is 25.0 Å². The highest BCUT2D eigenvalue weighted by molar-refractivity contribution is 5.74. The molecule has 0 unspecified atom stereocenters. The van der Waals surface area contributed by atoms with Gasteiger partial charge < -0.3 is 9.47 Å². The molecule has 1 aromatic carbocycles. The molecule has 0 saturated heterocycles. The Hall–Kier alpha value is -3.34. The molecule has 0 fully saturated rings. The maximum atomic E-state index is 12.8. The average molecular weight is 439 g/mol. The lowest BCUT2D eigenvalue weighted by Gasteiger charge is -2.33. The fourth-order valence-electron chi connectivity index (χ4n) is 3.79. The van der Waals surface area contributed by atoms with Gasteiger partial charge in [-0.15, -0.1) is 0 Å². The lowest BCUT2D eigenvalue weighted by atomic mass is 9.96. The van der Waals surface area contributed by atoms with Gasteiger partial charge in [0.15, 0.2) is 6.04 Å². The van der Waals surface area contributed by atoms with E-state index < -0.39 is 23.7 Å². The molecule has 1 aliphatic heterocycles. The summed E-state index contributed by atoms with van der Waals surface area (Å²) in [5.41, 5.74) is 3.17. The van der Waals surface area contributed by atoms with Crippen LogP contribution in [0.25, 0.3) is 5.69 Å². The largest absolute Gasteiger partial charge is 0.469 e. The second kappa shape index (κ2) is 9.03. The van der Waals surface area contributed by atoms with Crippen LogP contribution in [-0.4, -0.2) is 46.0 Å². The van der Waals surface area contributed by atoms with E-state index in [0.29, 0.717) is 30.1 Å². The Morgan fingerprint density at radius 1 is 1.25 bits per heavy atom. The predicted octanol–water partition coefficient (Wildman–Crippen LogP) is 4.07. The van der Waals surface area contributed by atoms with Crippen LogP contribution in [0.15, 0.2) is 24.3 Å². The zero-order valence-electron chi connectivity index (χ0n) is 19.5. The summed E-state index contributed by atoms with van der Waals surface area (Å²) in [4.78, 5) is 26.3. The second-order valence-electron chi connectivity index (χ2n) is 9.17. The molecule has 1 aliphatic rings. The summed E-state index contributed by atoms with van der Waals surface area (Å²) in [6, 6.07) is 9.36. The van der Waals surface area contributed by atoms with Crippen LogP contribution in [0.1, 0.15) is 69.1 Å². The molecule has 2 heterocycles. The molecule has 1 amide bonds. The summed E-state index contributed by atoms with van der Waals surface area (Å²) in [7, 11) is 1.31. The summed E-state index contributed by atoms with van der Waals surface area (Å²) in [5, 5.41) is 14.7. The van der Waals surface area contributed by atoms with Crippen molar-refractivity contribution in [1.29, 1.82) is 5.26 Å². The Labute approximate surface area is 188 Å². The summed E-state index contributed by atoms with van der Waals surface area (Å²) in [6.45, 7) is 9.91. The molecule has 1 aromatic heterocycles. The Balaban J connectivity index is 2.08. The van der Waals surface area contributed by atoms with Gasteiger partial charge in [-0.2, -0.15) is 10.4 Å². The molecule has 0 N–H and O–H groups in total. The number of carbonyl (C=O) groups excluding carboxylic acids is 2. The zero-order chi connectivity index (χ0) is 23.6. The van der Waals surface area contributed by atoms with Gasteiger partial charge in [-0.1, -0.05) is 26.0 Å². The van der Waals surface area contributed by atoms with Gasteiger partial charge in [0, 0.05) is 18.5 Å². The molecule has 0 spiro atoms. The van der Waals surface area contributed by atoms with Crippen LogP contribution in [0, 0.1) is 11.3 Å². The SMILES string of the molecule is COC(=O)Cc1nn(-c2ccc(C(C)C)cc2)c2c1[C@H](C#N)N(C(=O)OC(C)(C)C)CC2. The first-order valence-corrected chi connectivity index (χ1v) is 10.7. The summed E-state index contributed by atoms with van der Waals surface area (Å²) in [6.07, 6.45) is -0.170. The maximum absolute atomic E-state index is 12.8. The average Bonchev–Trinajstić information content (AvgIpc) is 3.10. The Kier molecular flexibility index (Phi) is 6.58. The number of fused-ring (bicyclic) bond motifs is 1. The predicted molar refractivity (Wildman–Crippen MR) is 118 cm³/mol. The number of nitrogens with zero attached hydrogens (tertiary/aromatic N) is 4. The molecule has 170 valence electrons. The highest BCUT2D eigenvalue weighted by atomic mass is 16.6. The van der Waals surface area contributed by atoms with Crippen molar-refractivity contribution in [2.45, 2.75) is 65.0 Å². The maximum Gasteiger partial charge on any atom is 0.411 e. The molecular formula is C24H30N4O4. The van der Waals surface area contributed by atoms with Gasteiger partial charge >= 0.3 is 12.1 Å². The molecule has 0 radical (unpaired) electrons. The fraction of sp³-hybridized carbons (Fsp3) is 0.500. The lowest BCUT2D eigenvalue weighted by Crippen LogP contribution is -2.43. The van der Waals surface area contributed by atoms with Gasteiger partial charge in [-0.3, -0.25) is 9.69 Å². The van der Waals surface area contributed by atoms with Crippen molar-refractivity contribution in [3.63, 3.8) is 0 Å². The van der Waals surface area contributed by atoms with Gasteiger partial charge in [0.1, 0.15) is 5.60 Å². The number of rotatable bonds is 4. The lowest BCUT2D eigenvalue weighted by molar-refractivity contribution is -0.139. The van der Waals surface area contributed by atoms with Gasteiger partial charge in [0.05, 0.1) is 36.7 Å². The highest BCUT2D eigenvalue weighted by Gasteiger charge is 2.39. The third-order valence-corrected chi connectivity index (χ3v) is 5.37. The first-order valence-electron chi connectivity index (χ1n) is 10.7. The quantitative estimate of drug-likeness (QED) is 0.668. The van der Waals surface area contributed by atoms with Gasteiger partial charge in [0.25, 0.3) is 0 Å². The summed E-state index contributed by atoms with van der Waals surface area (Å²) < 4.78 is 12.1. The normalized spacial score (nSPS) is 15.8. The van der Waals surface area contributed by atoms with Gasteiger partial charge in [-0.05, 0) is 44.4 Å². The summed E-state index contributed by atoms with van der Waals surface area (Å²) >= 11 is 0. The number of aromatic nitrogens is 2. The molecule has 0 bridgehead atoms. The van der Waals surface area contributed by atoms with Crippen LogP contribution in [0.2, 0.25) is 0 Å². The zero-order valence-corrected chi connectivity index (χ0v) is 19.5. The minimum Gasteiger partial charge on any atom is -0.469 e. The van der Waals surface area contributed by atoms with E-state index in [1.807, 2.05) is 24.3 Å². The van der Waals surface area contributed by atoms with Crippen molar-refractivity contribution < 1.29 is 19.1 Å². The van der Waals surface area contributed by atoms with E-state index >= 15 is 0 Å². The number of amides is 1. The fourth-order valence-corrected chi connectivity index (χ4v) is 3.79. The van der Waals surface area contributed by atoms with E-state index in [4.69, 9.17) is 9.47 Å². The first-order chi connectivity index (χ1) is 15.1. The molecule has 1 atom stereocenters. The van der Waals surface area contributed by atoms with Gasteiger partial charge in [0.2, 0.25) is 0 Å². The molecular weight excluding hydrogens is 408 g/mol. The number of hydrogen-bond acceptors (Lipinski definition) is 6. The molecule has 8 nitrogen and oxygen atoms in total. The van der Waals surface area contributed by atoms with Crippen LogP contribution >= 0.6 is 0 Å². The standard InChI is InChI=1S/C24H30N4O4/c1-15(2)16-7-9-17(10-8-16)28-19-11-12-27(23(30)32-24(3,4)5)20(14-25)22(19)18(26-28)13-21(29)31-6/h7-10,15,20H,11-13H2,1-6H3/t20-/m0/s1. The second-order valence-corrected chi connectivity index (χ2v) is 9.17. The topological polar surface area (TPSA) is 97.5 Å². The summed E-state index contributed by atoms with van der Waals surface area (Å²) in [5.74, 6) is -0.0606. The number of carbonyl (C=O) groups is 2. The molecule has 0 aliphatic carbocycles. The number of benzene rings is 1. The van der Waals surface area contributed by atoms with Crippen LogP contribution in [0.4, 0.5) is 4.79 Å². The van der Waals surface area contributed by atoms with E-state index in [0.717, 1.165) is 11.4 Å². The highest BCUT2D eigenvalue weighted by Crippen LogP contribution is 2.35. The van der Waals surface area contributed by atoms with Crippen LogP contribution in [0.3, 0.4) is 0 Å². The van der Waals surface area contributed by atoms with Crippen molar-refractivity contribution in [2.75, 3.05) is 13.7 Å². The van der Waals surface area contributed by atoms with Crippen molar-refractivity contribution in [2.24, 2.45) is 0 Å². The van der Waals surface area contributed by atoms with E-state index in [9.17, 15) is 14.9 Å². The minimum absolute atomic E-state index is 0.0871. The monoisotopic (exact) mass is 438 g/mol. The number of nitriles is 1. The first kappa shape index (κ1) is 23.3. The number of hydrogen-bond donors (Lipinski definition) is 0. The molecule has 0 saturated carbocycles.